The van der Waals surface area contributed by atoms with Gasteiger partial charge in [-0.1, -0.05) is 35.0 Å². The van der Waals surface area contributed by atoms with Gasteiger partial charge in [-0.25, -0.2) is 0 Å². The maximum absolute atomic E-state index is 5.12. The number of nitrogens with one attached hydrogen (secondary N) is 1. The lowest BCUT2D eigenvalue weighted by Gasteiger charge is -2.23. The summed E-state index contributed by atoms with van der Waals surface area (Å²) in [7, 11) is 3.73. The summed E-state index contributed by atoms with van der Waals surface area (Å²) in [5.74, 6) is 1.85. The van der Waals surface area contributed by atoms with E-state index in [2.05, 4.69) is 77.1 Å². The van der Waals surface area contributed by atoms with Crippen LogP contribution in [-0.2, 0) is 24.2 Å². The fourth-order valence-corrected chi connectivity index (χ4v) is 2.78. The zero-order valence-corrected chi connectivity index (χ0v) is 20.0. The highest BCUT2D eigenvalue weighted by Gasteiger charge is 2.08. The number of aliphatic imine (C=N–C) groups is 1. The van der Waals surface area contributed by atoms with Crippen molar-refractivity contribution in [3.8, 4) is 0 Å². The molecule has 7 nitrogen and oxygen atoms in total. The Hall–Kier alpha value is -1.20. The van der Waals surface area contributed by atoms with Crippen LogP contribution >= 0.6 is 39.9 Å². The third kappa shape index (κ3) is 8.14. The zero-order valence-electron chi connectivity index (χ0n) is 16.1. The molecule has 2 rings (SSSR count). The molecular weight excluding hydrogens is 523 g/mol. The quantitative estimate of drug-likeness (QED) is 0.225. The molecule has 0 atom stereocenters. The molecule has 1 aromatic carbocycles. The Kier molecular flexibility index (Phi) is 11.5. The third-order valence-electron chi connectivity index (χ3n) is 3.90. The van der Waals surface area contributed by atoms with Gasteiger partial charge < -0.3 is 19.5 Å². The Morgan fingerprint density at radius 3 is 2.74 bits per heavy atom. The van der Waals surface area contributed by atoms with Crippen molar-refractivity contribution in [3.63, 3.8) is 0 Å². The van der Waals surface area contributed by atoms with Crippen molar-refractivity contribution >= 4 is 45.9 Å². The molecule has 0 amide bonds. The molecule has 0 bridgehead atoms. The van der Waals surface area contributed by atoms with Gasteiger partial charge in [0.25, 0.3) is 0 Å². The molecule has 0 aliphatic carbocycles. The molecule has 9 heteroatoms. The fourth-order valence-electron chi connectivity index (χ4n) is 2.52. The second-order valence-corrected chi connectivity index (χ2v) is 6.82. The van der Waals surface area contributed by atoms with Gasteiger partial charge in [0.2, 0.25) is 0 Å². The Labute approximate surface area is 186 Å². The first kappa shape index (κ1) is 23.8. The molecule has 150 valence electrons. The summed E-state index contributed by atoms with van der Waals surface area (Å²) in [6, 6.07) is 8.32. The summed E-state index contributed by atoms with van der Waals surface area (Å²) in [5.41, 5.74) is 1.23. The molecule has 1 aromatic heterocycles. The minimum atomic E-state index is 0. The van der Waals surface area contributed by atoms with Crippen LogP contribution in [0.25, 0.3) is 0 Å². The van der Waals surface area contributed by atoms with Crippen LogP contribution in [0.2, 0.25) is 0 Å². The smallest absolute Gasteiger partial charge is 0.194 e. The monoisotopic (exact) mass is 550 g/mol. The van der Waals surface area contributed by atoms with E-state index in [4.69, 9.17) is 4.74 Å². The largest absolute Gasteiger partial charge is 0.383 e. The molecule has 0 aliphatic rings. The maximum Gasteiger partial charge on any atom is 0.194 e. The summed E-state index contributed by atoms with van der Waals surface area (Å²) in [6.07, 6.45) is 2.64. The molecule has 0 aliphatic heterocycles. The van der Waals surface area contributed by atoms with Crippen LogP contribution in [0.5, 0.6) is 0 Å². The third-order valence-corrected chi connectivity index (χ3v) is 4.43. The predicted molar refractivity (Wildman–Crippen MR) is 123 cm³/mol. The first-order valence-electron chi connectivity index (χ1n) is 8.73. The van der Waals surface area contributed by atoms with E-state index in [-0.39, 0.29) is 24.0 Å². The topological polar surface area (TPSA) is 67.6 Å². The van der Waals surface area contributed by atoms with E-state index < -0.39 is 0 Å². The summed E-state index contributed by atoms with van der Waals surface area (Å²) in [4.78, 5) is 6.76. The van der Waals surface area contributed by atoms with Crippen molar-refractivity contribution in [1.82, 2.24) is 25.0 Å². The zero-order chi connectivity index (χ0) is 18.8. The lowest BCUT2D eigenvalue weighted by molar-refractivity contribution is 0.207. The minimum Gasteiger partial charge on any atom is -0.383 e. The Morgan fingerprint density at radius 2 is 2.07 bits per heavy atom. The maximum atomic E-state index is 5.12. The highest BCUT2D eigenvalue weighted by atomic mass is 127. The van der Waals surface area contributed by atoms with Crippen LogP contribution < -0.4 is 5.32 Å². The average Bonchev–Trinajstić information content (AvgIpc) is 3.10. The second-order valence-electron chi connectivity index (χ2n) is 5.90. The van der Waals surface area contributed by atoms with E-state index in [1.165, 1.54) is 5.56 Å². The summed E-state index contributed by atoms with van der Waals surface area (Å²) < 4.78 is 8.26. The van der Waals surface area contributed by atoms with Crippen molar-refractivity contribution in [2.24, 2.45) is 4.99 Å². The molecule has 1 N–H and O–H groups in total. The molecule has 27 heavy (non-hydrogen) atoms. The van der Waals surface area contributed by atoms with Gasteiger partial charge in [-0.05, 0) is 17.7 Å². The Balaban J connectivity index is 0.00000364. The lowest BCUT2D eigenvalue weighted by Crippen LogP contribution is -2.40. The number of aromatic nitrogens is 3. The normalized spacial score (nSPS) is 11.2. The first-order chi connectivity index (χ1) is 12.6. The van der Waals surface area contributed by atoms with Gasteiger partial charge in [-0.15, -0.1) is 34.2 Å². The second kappa shape index (κ2) is 13.1. The van der Waals surface area contributed by atoms with Crippen LogP contribution in [0.15, 0.2) is 40.1 Å². The van der Waals surface area contributed by atoms with Gasteiger partial charge in [-0.3, -0.25) is 4.99 Å². The highest BCUT2D eigenvalue weighted by molar-refractivity contribution is 14.0. The van der Waals surface area contributed by atoms with E-state index in [0.29, 0.717) is 13.2 Å². The number of guanidine groups is 1. The number of rotatable bonds is 9. The molecule has 0 unspecified atom stereocenters. The molecule has 0 fully saturated rings. The number of methoxy groups -OCH3 is 1. The van der Waals surface area contributed by atoms with Crippen LogP contribution in [0.1, 0.15) is 18.3 Å². The van der Waals surface area contributed by atoms with Gasteiger partial charge in [0.1, 0.15) is 12.2 Å². The summed E-state index contributed by atoms with van der Waals surface area (Å²) in [6.45, 7) is 5.63. The van der Waals surface area contributed by atoms with Gasteiger partial charge in [0.05, 0.1) is 13.2 Å². The summed E-state index contributed by atoms with van der Waals surface area (Å²) >= 11 is 3.47. The molecule has 2 aromatic rings. The number of benzene rings is 1. The Bertz CT molecular complexity index is 691. The van der Waals surface area contributed by atoms with E-state index in [1.54, 1.807) is 13.4 Å². The average molecular weight is 551 g/mol. The van der Waals surface area contributed by atoms with Crippen molar-refractivity contribution in [2.75, 3.05) is 33.9 Å². The number of hydrogen-bond donors (Lipinski definition) is 1. The molecule has 0 radical (unpaired) electrons. The van der Waals surface area contributed by atoms with Crippen LogP contribution in [0, 0.1) is 0 Å². The molecule has 0 saturated heterocycles. The lowest BCUT2D eigenvalue weighted by atomic mass is 10.2. The Morgan fingerprint density at radius 1 is 1.33 bits per heavy atom. The fraction of sp³-hybridized carbons (Fsp3) is 0.500. The number of aryl methyl sites for hydroxylation is 1. The van der Waals surface area contributed by atoms with Gasteiger partial charge >= 0.3 is 0 Å². The van der Waals surface area contributed by atoms with Crippen LogP contribution in [0.4, 0.5) is 0 Å². The highest BCUT2D eigenvalue weighted by Crippen LogP contribution is 2.11. The van der Waals surface area contributed by atoms with Gasteiger partial charge in [0, 0.05) is 44.7 Å². The van der Waals surface area contributed by atoms with Crippen molar-refractivity contribution in [3.05, 3.63) is 46.5 Å². The van der Waals surface area contributed by atoms with Crippen molar-refractivity contribution in [2.45, 2.75) is 26.4 Å². The minimum absolute atomic E-state index is 0. The van der Waals surface area contributed by atoms with E-state index in [9.17, 15) is 0 Å². The predicted octanol–water partition coefficient (Wildman–Crippen LogP) is 2.95. The van der Waals surface area contributed by atoms with Gasteiger partial charge in [0.15, 0.2) is 5.96 Å². The SMILES string of the molecule is CCc1nncn1CCNC(=NCCOC)N(C)Cc1ccc(Br)cc1.I. The first-order valence-corrected chi connectivity index (χ1v) is 9.52. The van der Waals surface area contributed by atoms with E-state index in [0.717, 1.165) is 42.3 Å². The van der Waals surface area contributed by atoms with Gasteiger partial charge in [-0.2, -0.15) is 0 Å². The molecular formula is C18H28BrIN6O. The number of hydrogen-bond acceptors (Lipinski definition) is 4. The number of ether oxygens (including phenoxy) is 1. The summed E-state index contributed by atoms with van der Waals surface area (Å²) in [5, 5.41) is 11.5. The standard InChI is InChI=1S/C18H27BrN6O.HI/c1-4-17-23-22-14-25(17)11-9-20-18(21-10-12-26-3)24(2)13-15-5-7-16(19)8-6-15;/h5-8,14H,4,9-13H2,1-3H3,(H,20,21);1H. The van der Waals surface area contributed by atoms with E-state index >= 15 is 0 Å². The van der Waals surface area contributed by atoms with Crippen molar-refractivity contribution in [1.29, 1.82) is 0 Å². The van der Waals surface area contributed by atoms with Crippen molar-refractivity contribution < 1.29 is 4.74 Å². The number of nitrogens with zero attached hydrogens (tertiary/aromatic N) is 5. The van der Waals surface area contributed by atoms with Crippen LogP contribution in [-0.4, -0.2) is 59.5 Å². The molecule has 0 spiro atoms. The number of halogens is 2. The van der Waals surface area contributed by atoms with Crippen LogP contribution in [0.3, 0.4) is 0 Å². The molecule has 0 saturated carbocycles. The molecule has 1 heterocycles. The van der Waals surface area contributed by atoms with E-state index in [1.807, 2.05) is 7.05 Å².